The molecule has 7 heteroatoms. The zero-order chi connectivity index (χ0) is 14.7. The highest BCUT2D eigenvalue weighted by Crippen LogP contribution is 2.22. The predicted octanol–water partition coefficient (Wildman–Crippen LogP) is 1.54. The van der Waals surface area contributed by atoms with Gasteiger partial charge in [0.2, 0.25) is 5.91 Å². The molecule has 0 spiro atoms. The molecule has 6 nitrogen and oxygen atoms in total. The monoisotopic (exact) mass is 311 g/mol. The first-order valence-electron chi connectivity index (χ1n) is 7.23. The second-order valence-electron chi connectivity index (χ2n) is 5.38. The molecular weight excluding hydrogens is 294 g/mol. The summed E-state index contributed by atoms with van der Waals surface area (Å²) in [5.41, 5.74) is 0. The Kier molecular flexibility index (Phi) is 4.55. The van der Waals surface area contributed by atoms with Gasteiger partial charge in [-0.25, -0.2) is 9.97 Å². The van der Waals surface area contributed by atoms with Gasteiger partial charge in [0, 0.05) is 32.1 Å². The highest BCUT2D eigenvalue weighted by Gasteiger charge is 2.32. The number of ether oxygens (including phenoxy) is 2. The van der Waals surface area contributed by atoms with E-state index in [1.807, 2.05) is 4.90 Å². The first-order chi connectivity index (χ1) is 10.2. The Labute approximate surface area is 128 Å². The second-order valence-corrected chi connectivity index (χ2v) is 5.82. The van der Waals surface area contributed by atoms with Crippen molar-refractivity contribution in [2.75, 3.05) is 26.3 Å². The average molecular weight is 312 g/mol. The molecule has 2 saturated heterocycles. The van der Waals surface area contributed by atoms with Gasteiger partial charge in [0.05, 0.1) is 24.0 Å². The summed E-state index contributed by atoms with van der Waals surface area (Å²) in [7, 11) is 0. The smallest absolute Gasteiger partial charge is 0.316 e. The molecule has 3 rings (SSSR count). The Balaban J connectivity index is 1.52. The van der Waals surface area contributed by atoms with Crippen molar-refractivity contribution in [3.05, 3.63) is 17.4 Å². The van der Waals surface area contributed by atoms with Crippen molar-refractivity contribution in [1.29, 1.82) is 0 Å². The van der Waals surface area contributed by atoms with E-state index in [1.165, 1.54) is 12.4 Å². The SMILES string of the molecule is O=C(C1CCOCC1)N1CC[C@H](Oc2ncc(Cl)cn2)C1. The van der Waals surface area contributed by atoms with Gasteiger partial charge in [-0.1, -0.05) is 11.6 Å². The van der Waals surface area contributed by atoms with Gasteiger partial charge in [-0.3, -0.25) is 4.79 Å². The zero-order valence-electron chi connectivity index (χ0n) is 11.7. The molecule has 0 radical (unpaired) electrons. The highest BCUT2D eigenvalue weighted by molar-refractivity contribution is 6.30. The summed E-state index contributed by atoms with van der Waals surface area (Å²) in [5.74, 6) is 0.325. The van der Waals surface area contributed by atoms with Crippen molar-refractivity contribution >= 4 is 17.5 Å². The zero-order valence-corrected chi connectivity index (χ0v) is 12.5. The third-order valence-corrected chi connectivity index (χ3v) is 4.09. The minimum atomic E-state index is -0.0463. The number of rotatable bonds is 3. The summed E-state index contributed by atoms with van der Waals surface area (Å²) in [6, 6.07) is 0.310. The van der Waals surface area contributed by atoms with Gasteiger partial charge >= 0.3 is 6.01 Å². The summed E-state index contributed by atoms with van der Waals surface area (Å²) < 4.78 is 11.0. The third-order valence-electron chi connectivity index (χ3n) is 3.90. The third kappa shape index (κ3) is 3.63. The van der Waals surface area contributed by atoms with Crippen molar-refractivity contribution in [2.45, 2.75) is 25.4 Å². The molecule has 0 bridgehead atoms. The van der Waals surface area contributed by atoms with E-state index < -0.39 is 0 Å². The van der Waals surface area contributed by atoms with Crippen LogP contribution in [0.1, 0.15) is 19.3 Å². The summed E-state index contributed by atoms with van der Waals surface area (Å²) in [6.45, 7) is 2.70. The topological polar surface area (TPSA) is 64.5 Å². The van der Waals surface area contributed by atoms with Crippen LogP contribution in [0.25, 0.3) is 0 Å². The quantitative estimate of drug-likeness (QED) is 0.847. The molecule has 1 atom stereocenters. The summed E-state index contributed by atoms with van der Waals surface area (Å²) in [4.78, 5) is 22.3. The molecule has 114 valence electrons. The lowest BCUT2D eigenvalue weighted by molar-refractivity contribution is -0.137. The molecule has 0 saturated carbocycles. The van der Waals surface area contributed by atoms with E-state index >= 15 is 0 Å². The molecule has 1 aromatic heterocycles. The maximum atomic E-state index is 12.4. The van der Waals surface area contributed by atoms with Gasteiger partial charge in [0.25, 0.3) is 0 Å². The molecule has 3 heterocycles. The first-order valence-corrected chi connectivity index (χ1v) is 7.61. The maximum absolute atomic E-state index is 12.4. The van der Waals surface area contributed by atoms with Gasteiger partial charge in [-0.15, -0.1) is 0 Å². The van der Waals surface area contributed by atoms with Crippen LogP contribution in [0.3, 0.4) is 0 Å². The second kappa shape index (κ2) is 6.58. The fraction of sp³-hybridized carbons (Fsp3) is 0.643. The lowest BCUT2D eigenvalue weighted by Crippen LogP contribution is -2.38. The average Bonchev–Trinajstić information content (AvgIpc) is 2.98. The number of amides is 1. The molecule has 2 aliphatic heterocycles. The first kappa shape index (κ1) is 14.5. The summed E-state index contributed by atoms with van der Waals surface area (Å²) in [5, 5.41) is 0.477. The normalized spacial score (nSPS) is 23.3. The number of nitrogens with zero attached hydrogens (tertiary/aromatic N) is 3. The lowest BCUT2D eigenvalue weighted by atomic mass is 9.99. The maximum Gasteiger partial charge on any atom is 0.316 e. The van der Waals surface area contributed by atoms with E-state index in [0.29, 0.717) is 30.8 Å². The number of halogens is 1. The number of aromatic nitrogens is 2. The predicted molar refractivity (Wildman–Crippen MR) is 76.2 cm³/mol. The van der Waals surface area contributed by atoms with Crippen LogP contribution in [0.4, 0.5) is 0 Å². The van der Waals surface area contributed by atoms with Crippen LogP contribution in [0.5, 0.6) is 6.01 Å². The Morgan fingerprint density at radius 3 is 2.71 bits per heavy atom. The standard InChI is InChI=1S/C14H18ClN3O3/c15-11-7-16-14(17-8-11)21-12-1-4-18(9-12)13(19)10-2-5-20-6-3-10/h7-8,10,12H,1-6,9H2/t12-/m0/s1. The Bertz CT molecular complexity index is 491. The van der Waals surface area contributed by atoms with Crippen LogP contribution in [-0.2, 0) is 9.53 Å². The number of likely N-dealkylation sites (tertiary alicyclic amines) is 1. The van der Waals surface area contributed by atoms with Crippen LogP contribution in [0, 0.1) is 5.92 Å². The molecule has 1 aromatic rings. The molecule has 2 fully saturated rings. The number of carbonyl (C=O) groups is 1. The lowest BCUT2D eigenvalue weighted by Gasteiger charge is -2.26. The minimum Gasteiger partial charge on any atom is -0.458 e. The molecule has 2 aliphatic rings. The molecular formula is C14H18ClN3O3. The van der Waals surface area contributed by atoms with E-state index in [-0.39, 0.29) is 17.9 Å². The Hall–Kier alpha value is -1.40. The van der Waals surface area contributed by atoms with E-state index in [4.69, 9.17) is 21.1 Å². The number of carbonyl (C=O) groups excluding carboxylic acids is 1. The van der Waals surface area contributed by atoms with Gasteiger partial charge < -0.3 is 14.4 Å². The molecule has 1 amide bonds. The van der Waals surface area contributed by atoms with E-state index in [9.17, 15) is 4.79 Å². The number of hydrogen-bond acceptors (Lipinski definition) is 5. The van der Waals surface area contributed by atoms with Crippen molar-refractivity contribution in [3.8, 4) is 6.01 Å². The Morgan fingerprint density at radius 1 is 1.29 bits per heavy atom. The Morgan fingerprint density at radius 2 is 2.00 bits per heavy atom. The van der Waals surface area contributed by atoms with Crippen LogP contribution >= 0.6 is 11.6 Å². The molecule has 21 heavy (non-hydrogen) atoms. The van der Waals surface area contributed by atoms with Gasteiger partial charge in [0.1, 0.15) is 6.10 Å². The van der Waals surface area contributed by atoms with E-state index in [1.54, 1.807) is 0 Å². The number of hydrogen-bond donors (Lipinski definition) is 0. The van der Waals surface area contributed by atoms with Crippen molar-refractivity contribution in [1.82, 2.24) is 14.9 Å². The molecule has 0 aromatic carbocycles. The molecule has 0 aliphatic carbocycles. The fourth-order valence-corrected chi connectivity index (χ4v) is 2.84. The molecule has 0 N–H and O–H groups in total. The van der Waals surface area contributed by atoms with Crippen LogP contribution in [0.2, 0.25) is 5.02 Å². The minimum absolute atomic E-state index is 0.0463. The van der Waals surface area contributed by atoms with Gasteiger partial charge in [-0.2, -0.15) is 0 Å². The molecule has 0 unspecified atom stereocenters. The summed E-state index contributed by atoms with van der Waals surface area (Å²) >= 11 is 5.74. The van der Waals surface area contributed by atoms with Crippen molar-refractivity contribution in [2.24, 2.45) is 5.92 Å². The van der Waals surface area contributed by atoms with Crippen LogP contribution in [-0.4, -0.2) is 53.2 Å². The van der Waals surface area contributed by atoms with E-state index in [0.717, 1.165) is 25.8 Å². The van der Waals surface area contributed by atoms with Gasteiger partial charge in [-0.05, 0) is 12.8 Å². The fourth-order valence-electron chi connectivity index (χ4n) is 2.74. The van der Waals surface area contributed by atoms with Gasteiger partial charge in [0.15, 0.2) is 0 Å². The van der Waals surface area contributed by atoms with E-state index in [2.05, 4.69) is 9.97 Å². The van der Waals surface area contributed by atoms with Crippen molar-refractivity contribution in [3.63, 3.8) is 0 Å². The van der Waals surface area contributed by atoms with Crippen molar-refractivity contribution < 1.29 is 14.3 Å². The largest absolute Gasteiger partial charge is 0.458 e. The van der Waals surface area contributed by atoms with Crippen LogP contribution in [0.15, 0.2) is 12.4 Å². The van der Waals surface area contributed by atoms with Crippen LogP contribution < -0.4 is 4.74 Å². The summed E-state index contributed by atoms with van der Waals surface area (Å²) in [6.07, 6.45) is 5.41. The highest BCUT2D eigenvalue weighted by atomic mass is 35.5.